The number of halogens is 1. The number of methoxy groups -OCH3 is 1. The first kappa shape index (κ1) is 21.2. The number of nitrogens with one attached hydrogen (secondary N) is 1. The van der Waals surface area contributed by atoms with Gasteiger partial charge in [0.05, 0.1) is 23.9 Å². The van der Waals surface area contributed by atoms with Crippen LogP contribution in [0.4, 0.5) is 4.39 Å². The summed E-state index contributed by atoms with van der Waals surface area (Å²) in [6, 6.07) is 3.11. The van der Waals surface area contributed by atoms with E-state index in [1.807, 2.05) is 4.57 Å². The highest BCUT2D eigenvalue weighted by atomic mass is 19.1. The Hall–Kier alpha value is -2.99. The van der Waals surface area contributed by atoms with Crippen LogP contribution in [-0.2, 0) is 11.3 Å². The molecule has 4 N–H and O–H groups in total. The molecule has 2 aromatic rings. The summed E-state index contributed by atoms with van der Waals surface area (Å²) in [5.41, 5.74) is 7.90. The molecule has 2 bridgehead atoms. The second-order valence-electron chi connectivity index (χ2n) is 8.28. The van der Waals surface area contributed by atoms with Crippen LogP contribution in [0, 0.1) is 17.7 Å². The molecule has 0 saturated heterocycles. The predicted octanol–water partition coefficient (Wildman–Crippen LogP) is 1.99. The minimum atomic E-state index is -1.25. The molecular formula is C23H25FN4O3. The summed E-state index contributed by atoms with van der Waals surface area (Å²) in [4.78, 5) is 16.7. The van der Waals surface area contributed by atoms with Crippen LogP contribution in [0.3, 0.4) is 0 Å². The monoisotopic (exact) mass is 424 g/mol. The maximum Gasteiger partial charge on any atom is 0.269 e. The lowest BCUT2D eigenvalue weighted by molar-refractivity contribution is 0.0994. The van der Waals surface area contributed by atoms with Crippen LogP contribution in [0.5, 0.6) is 0 Å². The highest BCUT2D eigenvalue weighted by molar-refractivity contribution is 5.94. The predicted molar refractivity (Wildman–Crippen MR) is 115 cm³/mol. The Balaban J connectivity index is 1.85. The number of benzene rings is 1. The molecule has 2 aliphatic heterocycles. The van der Waals surface area contributed by atoms with Crippen molar-refractivity contribution in [1.29, 1.82) is 0 Å². The van der Waals surface area contributed by atoms with Crippen LogP contribution in [0.15, 0.2) is 18.2 Å². The van der Waals surface area contributed by atoms with Crippen LogP contribution < -0.4 is 11.1 Å². The molecule has 8 heteroatoms. The minimum absolute atomic E-state index is 0.0196. The Morgan fingerprint density at radius 2 is 2.19 bits per heavy atom. The largest absolute Gasteiger partial charge is 0.383 e. The molecule has 31 heavy (non-hydrogen) atoms. The molecule has 1 amide bonds. The number of nitrogens with zero attached hydrogens (tertiary/aromatic N) is 2. The average Bonchev–Trinajstić information content (AvgIpc) is 2.90. The lowest BCUT2D eigenvalue weighted by Gasteiger charge is -2.26. The molecule has 3 aliphatic rings. The Morgan fingerprint density at radius 3 is 2.84 bits per heavy atom. The standard InChI is InChI=1S/C23H25FN4O3/c1-23(2,30)5-4-13-10-17-16(11-18(13)24)14-8-15(9-14)28-19(12-26-6-7-31-3)20(21(25)29)27-22(17)28/h8,10-11,15,26,30H,6-7,9,12H2,1-3H3,(H2,25,29). The zero-order valence-electron chi connectivity index (χ0n) is 17.8. The van der Waals surface area contributed by atoms with Crippen LogP contribution in [0.1, 0.15) is 53.6 Å². The molecule has 162 valence electrons. The van der Waals surface area contributed by atoms with E-state index in [1.54, 1.807) is 13.2 Å². The maximum atomic E-state index is 14.8. The van der Waals surface area contributed by atoms with E-state index < -0.39 is 17.3 Å². The van der Waals surface area contributed by atoms with E-state index in [2.05, 4.69) is 28.2 Å². The number of aliphatic hydroxyl groups is 1. The van der Waals surface area contributed by atoms with Crippen molar-refractivity contribution in [2.75, 3.05) is 20.3 Å². The van der Waals surface area contributed by atoms with Crippen molar-refractivity contribution in [3.8, 4) is 23.2 Å². The van der Waals surface area contributed by atoms with Crippen molar-refractivity contribution in [3.05, 3.63) is 46.5 Å². The molecule has 1 aromatic carbocycles. The van der Waals surface area contributed by atoms with Crippen LogP contribution in [0.25, 0.3) is 17.0 Å². The summed E-state index contributed by atoms with van der Waals surface area (Å²) in [6.45, 7) is 4.62. The molecule has 0 saturated carbocycles. The van der Waals surface area contributed by atoms with Gasteiger partial charge in [-0.1, -0.05) is 17.9 Å². The first-order valence-corrected chi connectivity index (χ1v) is 10.1. The molecule has 0 spiro atoms. The van der Waals surface area contributed by atoms with E-state index in [-0.39, 0.29) is 17.3 Å². The molecule has 1 unspecified atom stereocenters. The summed E-state index contributed by atoms with van der Waals surface area (Å²) >= 11 is 0. The van der Waals surface area contributed by atoms with Gasteiger partial charge in [-0.15, -0.1) is 0 Å². The van der Waals surface area contributed by atoms with E-state index in [4.69, 9.17) is 10.5 Å². The fraction of sp³-hybridized carbons (Fsp3) is 0.391. The molecular weight excluding hydrogens is 399 g/mol. The van der Waals surface area contributed by atoms with Crippen molar-refractivity contribution >= 4 is 11.5 Å². The highest BCUT2D eigenvalue weighted by Crippen LogP contribution is 2.48. The third-order valence-electron chi connectivity index (χ3n) is 5.37. The number of carbonyl (C=O) groups is 1. The summed E-state index contributed by atoms with van der Waals surface area (Å²) in [7, 11) is 1.62. The molecule has 1 aromatic heterocycles. The van der Waals surface area contributed by atoms with Crippen LogP contribution in [-0.4, -0.2) is 46.4 Å². The number of carbonyl (C=O) groups excluding carboxylic acids is 1. The van der Waals surface area contributed by atoms with Crippen molar-refractivity contribution < 1.29 is 19.0 Å². The van der Waals surface area contributed by atoms with E-state index in [1.165, 1.54) is 19.9 Å². The van der Waals surface area contributed by atoms with Gasteiger partial charge < -0.3 is 25.5 Å². The second-order valence-corrected chi connectivity index (χ2v) is 8.28. The van der Waals surface area contributed by atoms with Crippen molar-refractivity contribution in [2.45, 2.75) is 38.5 Å². The van der Waals surface area contributed by atoms with Gasteiger partial charge >= 0.3 is 0 Å². The summed E-state index contributed by atoms with van der Waals surface area (Å²) in [5, 5.41) is 13.1. The van der Waals surface area contributed by atoms with Crippen molar-refractivity contribution in [2.24, 2.45) is 5.73 Å². The number of ether oxygens (including phenoxy) is 1. The number of aromatic nitrogens is 2. The third-order valence-corrected chi connectivity index (χ3v) is 5.37. The number of amides is 1. The lowest BCUT2D eigenvalue weighted by Crippen LogP contribution is -2.25. The smallest absolute Gasteiger partial charge is 0.269 e. The van der Waals surface area contributed by atoms with Gasteiger partial charge in [0.2, 0.25) is 0 Å². The molecule has 1 aliphatic carbocycles. The van der Waals surface area contributed by atoms with Gasteiger partial charge in [-0.2, -0.15) is 0 Å². The molecule has 5 rings (SSSR count). The Kier molecular flexibility index (Phi) is 5.43. The van der Waals surface area contributed by atoms with E-state index >= 15 is 0 Å². The number of hydrogen-bond acceptors (Lipinski definition) is 5. The normalized spacial score (nSPS) is 16.3. The molecule has 0 fully saturated rings. The second kappa shape index (κ2) is 7.93. The minimum Gasteiger partial charge on any atom is -0.383 e. The molecule has 1 atom stereocenters. The van der Waals surface area contributed by atoms with E-state index in [0.717, 1.165) is 11.1 Å². The quantitative estimate of drug-likeness (QED) is 0.486. The zero-order valence-corrected chi connectivity index (χ0v) is 17.8. The van der Waals surface area contributed by atoms with Gasteiger partial charge in [-0.3, -0.25) is 4.79 Å². The fourth-order valence-electron chi connectivity index (χ4n) is 3.89. The zero-order chi connectivity index (χ0) is 22.3. The van der Waals surface area contributed by atoms with E-state index in [9.17, 15) is 14.3 Å². The van der Waals surface area contributed by atoms with Crippen LogP contribution >= 0.6 is 0 Å². The van der Waals surface area contributed by atoms with E-state index in [0.29, 0.717) is 43.2 Å². The Morgan fingerprint density at radius 1 is 1.45 bits per heavy atom. The van der Waals surface area contributed by atoms with Gasteiger partial charge in [-0.25, -0.2) is 9.37 Å². The summed E-state index contributed by atoms with van der Waals surface area (Å²) < 4.78 is 21.8. The lowest BCUT2D eigenvalue weighted by atomic mass is 9.86. The SMILES string of the molecule is COCCNCc1c(C(N)=O)nc2n1C1C=C(C1)c1cc(F)c(C#CC(C)(C)O)cc1-2. The van der Waals surface area contributed by atoms with Gasteiger partial charge in [0, 0.05) is 25.8 Å². The number of rotatable bonds is 6. The van der Waals surface area contributed by atoms with Gasteiger partial charge in [-0.05, 0) is 43.5 Å². The number of hydrogen-bond donors (Lipinski definition) is 3. The van der Waals surface area contributed by atoms with Gasteiger partial charge in [0.25, 0.3) is 5.91 Å². The third kappa shape index (κ3) is 4.00. The number of allylic oxidation sites excluding steroid dienone is 2. The van der Waals surface area contributed by atoms with Crippen molar-refractivity contribution in [1.82, 2.24) is 14.9 Å². The number of nitrogens with two attached hydrogens (primary N) is 1. The average molecular weight is 424 g/mol. The Labute approximate surface area is 180 Å². The number of primary amides is 1. The first-order chi connectivity index (χ1) is 14.7. The summed E-state index contributed by atoms with van der Waals surface area (Å²) in [6.07, 6.45) is 2.77. The van der Waals surface area contributed by atoms with Gasteiger partial charge in [0.15, 0.2) is 5.69 Å². The molecule has 0 radical (unpaired) electrons. The first-order valence-electron chi connectivity index (χ1n) is 10.1. The molecule has 7 nitrogen and oxygen atoms in total. The highest BCUT2D eigenvalue weighted by Gasteiger charge is 2.35. The topological polar surface area (TPSA) is 102 Å². The molecule has 3 heterocycles. The maximum absolute atomic E-state index is 14.8. The fourth-order valence-corrected chi connectivity index (χ4v) is 3.89. The Bertz CT molecular complexity index is 1150. The summed E-state index contributed by atoms with van der Waals surface area (Å²) in [5.74, 6) is 4.86. The van der Waals surface area contributed by atoms with Gasteiger partial charge in [0.1, 0.15) is 17.2 Å². The van der Waals surface area contributed by atoms with Crippen molar-refractivity contribution in [3.63, 3.8) is 0 Å². The number of imidazole rings is 1. The van der Waals surface area contributed by atoms with Crippen LogP contribution in [0.2, 0.25) is 0 Å².